The second-order valence-corrected chi connectivity index (χ2v) is 4.54. The Morgan fingerprint density at radius 3 is 2.50 bits per heavy atom. The first kappa shape index (κ1) is 11.1. The standard InChI is InChI=1S/C15H17N3/c1-16-14-11-17-10-13(12-6-3-2-4-7-12)15(14)18-8-5-9-18/h2-4,6-7,10-11,16H,5,8-9H2,1H3. The lowest BCUT2D eigenvalue weighted by Gasteiger charge is -2.36. The third kappa shape index (κ3) is 1.82. The molecule has 0 bridgehead atoms. The molecule has 0 amide bonds. The maximum absolute atomic E-state index is 4.34. The molecule has 1 saturated heterocycles. The minimum atomic E-state index is 1.11. The van der Waals surface area contributed by atoms with Gasteiger partial charge >= 0.3 is 0 Å². The van der Waals surface area contributed by atoms with Gasteiger partial charge in [-0.2, -0.15) is 0 Å². The van der Waals surface area contributed by atoms with Crippen molar-refractivity contribution in [1.82, 2.24) is 4.98 Å². The van der Waals surface area contributed by atoms with Crippen molar-refractivity contribution in [2.24, 2.45) is 0 Å². The Balaban J connectivity index is 2.13. The summed E-state index contributed by atoms with van der Waals surface area (Å²) >= 11 is 0. The molecular formula is C15H17N3. The Kier molecular flexibility index (Phi) is 2.89. The minimum Gasteiger partial charge on any atom is -0.385 e. The molecule has 2 heterocycles. The van der Waals surface area contributed by atoms with E-state index in [1.165, 1.54) is 23.2 Å². The molecule has 3 rings (SSSR count). The van der Waals surface area contributed by atoms with Gasteiger partial charge in [0.1, 0.15) is 0 Å². The van der Waals surface area contributed by atoms with E-state index in [0.717, 1.165) is 18.8 Å². The van der Waals surface area contributed by atoms with Crippen LogP contribution in [0.5, 0.6) is 0 Å². The second-order valence-electron chi connectivity index (χ2n) is 4.54. The Labute approximate surface area is 107 Å². The summed E-state index contributed by atoms with van der Waals surface area (Å²) in [7, 11) is 1.95. The van der Waals surface area contributed by atoms with Crippen LogP contribution in [0.4, 0.5) is 11.4 Å². The summed E-state index contributed by atoms with van der Waals surface area (Å²) in [5.74, 6) is 0. The Hall–Kier alpha value is -2.03. The lowest BCUT2D eigenvalue weighted by atomic mass is 10.0. The average Bonchev–Trinajstić information content (AvgIpc) is 2.38. The van der Waals surface area contributed by atoms with E-state index in [4.69, 9.17) is 0 Å². The highest BCUT2D eigenvalue weighted by molar-refractivity contribution is 5.87. The van der Waals surface area contributed by atoms with Crippen molar-refractivity contribution >= 4 is 11.4 Å². The molecule has 0 atom stereocenters. The quantitative estimate of drug-likeness (QED) is 0.892. The van der Waals surface area contributed by atoms with Crippen molar-refractivity contribution < 1.29 is 0 Å². The summed E-state index contributed by atoms with van der Waals surface area (Å²) in [6.07, 6.45) is 5.14. The van der Waals surface area contributed by atoms with Gasteiger partial charge in [-0.1, -0.05) is 30.3 Å². The van der Waals surface area contributed by atoms with E-state index in [9.17, 15) is 0 Å². The third-order valence-corrected chi connectivity index (χ3v) is 3.44. The molecule has 3 heteroatoms. The number of hydrogen-bond donors (Lipinski definition) is 1. The molecule has 1 aliphatic heterocycles. The predicted octanol–water partition coefficient (Wildman–Crippen LogP) is 3.00. The highest BCUT2D eigenvalue weighted by atomic mass is 15.2. The smallest absolute Gasteiger partial charge is 0.0768 e. The van der Waals surface area contributed by atoms with E-state index >= 15 is 0 Å². The lowest BCUT2D eigenvalue weighted by molar-refractivity contribution is 0.619. The molecule has 18 heavy (non-hydrogen) atoms. The van der Waals surface area contributed by atoms with Crippen molar-refractivity contribution in [3.63, 3.8) is 0 Å². The number of pyridine rings is 1. The normalized spacial score (nSPS) is 14.2. The van der Waals surface area contributed by atoms with Crippen molar-refractivity contribution in [2.45, 2.75) is 6.42 Å². The molecule has 0 radical (unpaired) electrons. The fourth-order valence-electron chi connectivity index (χ4n) is 2.35. The predicted molar refractivity (Wildman–Crippen MR) is 76.0 cm³/mol. The average molecular weight is 239 g/mol. The number of anilines is 2. The Morgan fingerprint density at radius 1 is 1.11 bits per heavy atom. The van der Waals surface area contributed by atoms with E-state index in [0.29, 0.717) is 0 Å². The molecule has 1 aliphatic rings. The van der Waals surface area contributed by atoms with E-state index < -0.39 is 0 Å². The summed E-state index contributed by atoms with van der Waals surface area (Å²) in [6, 6.07) is 10.5. The number of nitrogens with one attached hydrogen (secondary N) is 1. The number of nitrogens with zero attached hydrogens (tertiary/aromatic N) is 2. The van der Waals surface area contributed by atoms with Crippen LogP contribution in [0.3, 0.4) is 0 Å². The van der Waals surface area contributed by atoms with Crippen molar-refractivity contribution in [1.29, 1.82) is 0 Å². The van der Waals surface area contributed by atoms with Gasteiger partial charge in [0, 0.05) is 31.9 Å². The SMILES string of the molecule is CNc1cncc(-c2ccccc2)c1N1CCC1. The van der Waals surface area contributed by atoms with E-state index in [-0.39, 0.29) is 0 Å². The molecule has 0 spiro atoms. The summed E-state index contributed by atoms with van der Waals surface area (Å²) in [5, 5.41) is 3.25. The maximum Gasteiger partial charge on any atom is 0.0768 e. The summed E-state index contributed by atoms with van der Waals surface area (Å²) in [4.78, 5) is 6.76. The van der Waals surface area contributed by atoms with Gasteiger partial charge in [-0.3, -0.25) is 4.98 Å². The molecule has 3 nitrogen and oxygen atoms in total. The molecule has 0 aliphatic carbocycles. The maximum atomic E-state index is 4.34. The van der Waals surface area contributed by atoms with Crippen LogP contribution in [-0.4, -0.2) is 25.1 Å². The van der Waals surface area contributed by atoms with Gasteiger partial charge in [-0.15, -0.1) is 0 Å². The highest BCUT2D eigenvalue weighted by Crippen LogP contribution is 2.38. The zero-order chi connectivity index (χ0) is 12.4. The zero-order valence-electron chi connectivity index (χ0n) is 10.6. The monoisotopic (exact) mass is 239 g/mol. The summed E-state index contributed by atoms with van der Waals surface area (Å²) in [5.41, 5.74) is 4.83. The van der Waals surface area contributed by atoms with Gasteiger partial charge in [0.25, 0.3) is 0 Å². The molecule has 1 N–H and O–H groups in total. The van der Waals surface area contributed by atoms with Gasteiger partial charge in [0.05, 0.1) is 17.6 Å². The topological polar surface area (TPSA) is 28.2 Å². The Bertz CT molecular complexity index is 533. The molecule has 92 valence electrons. The van der Waals surface area contributed by atoms with Crippen LogP contribution in [0.1, 0.15) is 6.42 Å². The van der Waals surface area contributed by atoms with Crippen molar-refractivity contribution in [3.05, 3.63) is 42.7 Å². The summed E-state index contributed by atoms with van der Waals surface area (Å²) < 4.78 is 0. The van der Waals surface area contributed by atoms with Crippen LogP contribution in [0.2, 0.25) is 0 Å². The molecule has 1 fully saturated rings. The van der Waals surface area contributed by atoms with E-state index in [2.05, 4.69) is 39.5 Å². The first-order valence-electron chi connectivity index (χ1n) is 6.36. The van der Waals surface area contributed by atoms with Gasteiger partial charge in [0.15, 0.2) is 0 Å². The van der Waals surface area contributed by atoms with Crippen molar-refractivity contribution in [2.75, 3.05) is 30.4 Å². The van der Waals surface area contributed by atoms with Crippen LogP contribution in [0.15, 0.2) is 42.7 Å². The van der Waals surface area contributed by atoms with Crippen LogP contribution >= 0.6 is 0 Å². The van der Waals surface area contributed by atoms with Gasteiger partial charge < -0.3 is 10.2 Å². The minimum absolute atomic E-state index is 1.11. The van der Waals surface area contributed by atoms with Crippen molar-refractivity contribution in [3.8, 4) is 11.1 Å². The van der Waals surface area contributed by atoms with Gasteiger partial charge in [-0.05, 0) is 12.0 Å². The van der Waals surface area contributed by atoms with Crippen LogP contribution < -0.4 is 10.2 Å². The van der Waals surface area contributed by atoms with Crippen LogP contribution in [-0.2, 0) is 0 Å². The zero-order valence-corrected chi connectivity index (χ0v) is 10.6. The largest absolute Gasteiger partial charge is 0.385 e. The van der Waals surface area contributed by atoms with E-state index in [1.807, 2.05) is 25.5 Å². The van der Waals surface area contributed by atoms with Gasteiger partial charge in [-0.25, -0.2) is 0 Å². The Morgan fingerprint density at radius 2 is 1.89 bits per heavy atom. The van der Waals surface area contributed by atoms with Gasteiger partial charge in [0.2, 0.25) is 0 Å². The lowest BCUT2D eigenvalue weighted by Crippen LogP contribution is -2.37. The molecule has 1 aromatic heterocycles. The third-order valence-electron chi connectivity index (χ3n) is 3.44. The number of aromatic nitrogens is 1. The van der Waals surface area contributed by atoms with Crippen LogP contribution in [0.25, 0.3) is 11.1 Å². The molecular weight excluding hydrogens is 222 g/mol. The molecule has 2 aromatic rings. The highest BCUT2D eigenvalue weighted by Gasteiger charge is 2.21. The van der Waals surface area contributed by atoms with Crippen LogP contribution in [0, 0.1) is 0 Å². The first-order valence-corrected chi connectivity index (χ1v) is 6.36. The molecule has 0 saturated carbocycles. The molecule has 0 unspecified atom stereocenters. The van der Waals surface area contributed by atoms with E-state index in [1.54, 1.807) is 0 Å². The number of benzene rings is 1. The molecule has 1 aromatic carbocycles. The summed E-state index contributed by atoms with van der Waals surface area (Å²) in [6.45, 7) is 2.27. The fraction of sp³-hybridized carbons (Fsp3) is 0.267. The number of rotatable bonds is 3. The second kappa shape index (κ2) is 4.69. The number of hydrogen-bond acceptors (Lipinski definition) is 3. The first-order chi connectivity index (χ1) is 8.90. The fourth-order valence-corrected chi connectivity index (χ4v) is 2.35.